The molecule has 1 amide bonds. The zero-order valence-electron chi connectivity index (χ0n) is 8.09. The van der Waals surface area contributed by atoms with Gasteiger partial charge < -0.3 is 9.64 Å². The standard InChI is InChI=1S/C9H13N3O2/c1-14-8-2-4-11(6-8)9(13)12-5-3-10-7-12/h3,5,7-8H,2,4,6H2,1H3. The summed E-state index contributed by atoms with van der Waals surface area (Å²) < 4.78 is 6.67. The second-order valence-corrected chi connectivity index (χ2v) is 3.34. The molecule has 76 valence electrons. The Morgan fingerprint density at radius 2 is 2.50 bits per heavy atom. The van der Waals surface area contributed by atoms with E-state index in [1.807, 2.05) is 0 Å². The number of ether oxygens (including phenoxy) is 1. The predicted octanol–water partition coefficient (Wildman–Crippen LogP) is 0.572. The summed E-state index contributed by atoms with van der Waals surface area (Å²) in [5.41, 5.74) is 0. The summed E-state index contributed by atoms with van der Waals surface area (Å²) in [5, 5.41) is 0. The molecule has 1 aliphatic heterocycles. The molecular formula is C9H13N3O2. The van der Waals surface area contributed by atoms with E-state index in [-0.39, 0.29) is 12.1 Å². The van der Waals surface area contributed by atoms with Crippen molar-refractivity contribution >= 4 is 6.03 Å². The summed E-state index contributed by atoms with van der Waals surface area (Å²) in [4.78, 5) is 17.4. The number of amides is 1. The smallest absolute Gasteiger partial charge is 0.329 e. The van der Waals surface area contributed by atoms with Crippen LogP contribution >= 0.6 is 0 Å². The third-order valence-electron chi connectivity index (χ3n) is 2.47. The van der Waals surface area contributed by atoms with Gasteiger partial charge in [0.2, 0.25) is 0 Å². The first-order chi connectivity index (χ1) is 6.81. The zero-order valence-corrected chi connectivity index (χ0v) is 8.09. The Balaban J connectivity index is 2.00. The molecule has 0 aromatic carbocycles. The molecule has 1 fully saturated rings. The predicted molar refractivity (Wildman–Crippen MR) is 50.0 cm³/mol. The number of likely N-dealkylation sites (tertiary alicyclic amines) is 1. The largest absolute Gasteiger partial charge is 0.380 e. The normalized spacial score (nSPS) is 21.5. The van der Waals surface area contributed by atoms with Crippen LogP contribution in [0.3, 0.4) is 0 Å². The first kappa shape index (κ1) is 9.21. The summed E-state index contributed by atoms with van der Waals surface area (Å²) in [6, 6.07) is -0.0259. The van der Waals surface area contributed by atoms with Crippen LogP contribution < -0.4 is 0 Å². The topological polar surface area (TPSA) is 47.4 Å². The van der Waals surface area contributed by atoms with Gasteiger partial charge in [-0.2, -0.15) is 0 Å². The summed E-state index contributed by atoms with van der Waals surface area (Å²) in [6.45, 7) is 1.43. The van der Waals surface area contributed by atoms with E-state index in [2.05, 4.69) is 4.98 Å². The Hall–Kier alpha value is -1.36. The van der Waals surface area contributed by atoms with Gasteiger partial charge in [-0.15, -0.1) is 0 Å². The molecule has 0 aliphatic carbocycles. The minimum atomic E-state index is -0.0259. The second-order valence-electron chi connectivity index (χ2n) is 3.34. The van der Waals surface area contributed by atoms with Crippen molar-refractivity contribution in [3.05, 3.63) is 18.7 Å². The van der Waals surface area contributed by atoms with Crippen molar-refractivity contribution in [2.24, 2.45) is 0 Å². The van der Waals surface area contributed by atoms with Crippen molar-refractivity contribution in [2.45, 2.75) is 12.5 Å². The molecule has 0 radical (unpaired) electrons. The zero-order chi connectivity index (χ0) is 9.97. The third-order valence-corrected chi connectivity index (χ3v) is 2.47. The lowest BCUT2D eigenvalue weighted by molar-refractivity contribution is 0.110. The number of rotatable bonds is 1. The SMILES string of the molecule is COC1CCN(C(=O)n2ccnc2)C1. The minimum absolute atomic E-state index is 0.0259. The van der Waals surface area contributed by atoms with E-state index >= 15 is 0 Å². The van der Waals surface area contributed by atoms with E-state index in [1.165, 1.54) is 10.9 Å². The molecule has 2 rings (SSSR count). The molecule has 5 nitrogen and oxygen atoms in total. The molecule has 1 unspecified atom stereocenters. The fraction of sp³-hybridized carbons (Fsp3) is 0.556. The number of hydrogen-bond acceptors (Lipinski definition) is 3. The fourth-order valence-electron chi connectivity index (χ4n) is 1.63. The highest BCUT2D eigenvalue weighted by Gasteiger charge is 2.26. The Kier molecular flexibility index (Phi) is 2.49. The average Bonchev–Trinajstić information content (AvgIpc) is 2.88. The van der Waals surface area contributed by atoms with E-state index < -0.39 is 0 Å². The molecule has 0 saturated carbocycles. The Morgan fingerprint density at radius 1 is 1.64 bits per heavy atom. The Morgan fingerprint density at radius 3 is 3.07 bits per heavy atom. The van der Waals surface area contributed by atoms with E-state index in [4.69, 9.17) is 4.74 Å². The molecule has 1 aromatic heterocycles. The maximum atomic E-state index is 11.8. The molecule has 1 aliphatic rings. The molecule has 0 N–H and O–H groups in total. The molecule has 1 saturated heterocycles. The first-order valence-corrected chi connectivity index (χ1v) is 4.61. The van der Waals surface area contributed by atoms with Crippen LogP contribution in [0.5, 0.6) is 0 Å². The molecular weight excluding hydrogens is 182 g/mol. The molecule has 2 heterocycles. The highest BCUT2D eigenvalue weighted by Crippen LogP contribution is 2.12. The highest BCUT2D eigenvalue weighted by molar-refractivity contribution is 5.76. The molecule has 1 aromatic rings. The second kappa shape index (κ2) is 3.79. The third kappa shape index (κ3) is 1.63. The number of hydrogen-bond donors (Lipinski definition) is 0. The van der Waals surface area contributed by atoms with Crippen molar-refractivity contribution in [3.8, 4) is 0 Å². The van der Waals surface area contributed by atoms with Crippen LogP contribution in [0, 0.1) is 0 Å². The number of aromatic nitrogens is 2. The lowest BCUT2D eigenvalue weighted by Gasteiger charge is -2.15. The van der Waals surface area contributed by atoms with Gasteiger partial charge in [0, 0.05) is 32.6 Å². The van der Waals surface area contributed by atoms with E-state index in [0.29, 0.717) is 6.54 Å². The monoisotopic (exact) mass is 195 g/mol. The average molecular weight is 195 g/mol. The summed E-state index contributed by atoms with van der Waals surface area (Å²) in [5.74, 6) is 0. The number of carbonyl (C=O) groups excluding carboxylic acids is 1. The van der Waals surface area contributed by atoms with Crippen molar-refractivity contribution in [3.63, 3.8) is 0 Å². The maximum absolute atomic E-state index is 11.8. The van der Waals surface area contributed by atoms with Gasteiger partial charge in [-0.3, -0.25) is 4.57 Å². The Labute approximate surface area is 82.3 Å². The van der Waals surface area contributed by atoms with Crippen LogP contribution in [-0.4, -0.2) is 46.8 Å². The maximum Gasteiger partial charge on any atom is 0.329 e. The molecule has 0 spiro atoms. The van der Waals surface area contributed by atoms with Gasteiger partial charge in [-0.05, 0) is 6.42 Å². The number of carbonyl (C=O) groups is 1. The Bertz CT molecular complexity index is 310. The van der Waals surface area contributed by atoms with Gasteiger partial charge >= 0.3 is 6.03 Å². The van der Waals surface area contributed by atoms with E-state index in [1.54, 1.807) is 24.4 Å². The quantitative estimate of drug-likeness (QED) is 0.658. The summed E-state index contributed by atoms with van der Waals surface area (Å²) >= 11 is 0. The van der Waals surface area contributed by atoms with Gasteiger partial charge in [-0.1, -0.05) is 0 Å². The van der Waals surface area contributed by atoms with Crippen LogP contribution in [0.2, 0.25) is 0 Å². The van der Waals surface area contributed by atoms with Crippen LogP contribution in [-0.2, 0) is 4.74 Å². The fourth-order valence-corrected chi connectivity index (χ4v) is 1.63. The van der Waals surface area contributed by atoms with Gasteiger partial charge in [0.25, 0.3) is 0 Å². The summed E-state index contributed by atoms with van der Waals surface area (Å²) in [7, 11) is 1.68. The lowest BCUT2D eigenvalue weighted by Crippen LogP contribution is -2.33. The minimum Gasteiger partial charge on any atom is -0.380 e. The van der Waals surface area contributed by atoms with Gasteiger partial charge in [0.1, 0.15) is 6.33 Å². The van der Waals surface area contributed by atoms with Crippen molar-refractivity contribution in [1.82, 2.24) is 14.5 Å². The summed E-state index contributed by atoms with van der Waals surface area (Å²) in [6.07, 6.45) is 5.87. The lowest BCUT2D eigenvalue weighted by atomic mass is 10.3. The first-order valence-electron chi connectivity index (χ1n) is 4.61. The van der Waals surface area contributed by atoms with E-state index in [9.17, 15) is 4.79 Å². The van der Waals surface area contributed by atoms with Crippen molar-refractivity contribution < 1.29 is 9.53 Å². The number of imidazole rings is 1. The van der Waals surface area contributed by atoms with Crippen LogP contribution in [0.15, 0.2) is 18.7 Å². The molecule has 5 heteroatoms. The van der Waals surface area contributed by atoms with Crippen molar-refractivity contribution in [1.29, 1.82) is 0 Å². The molecule has 14 heavy (non-hydrogen) atoms. The number of methoxy groups -OCH3 is 1. The molecule has 1 atom stereocenters. The number of nitrogens with zero attached hydrogens (tertiary/aromatic N) is 3. The van der Waals surface area contributed by atoms with E-state index in [0.717, 1.165) is 13.0 Å². The van der Waals surface area contributed by atoms with Gasteiger partial charge in [0.15, 0.2) is 0 Å². The van der Waals surface area contributed by atoms with Crippen LogP contribution in [0.1, 0.15) is 6.42 Å². The molecule has 0 bridgehead atoms. The van der Waals surface area contributed by atoms with Gasteiger partial charge in [-0.25, -0.2) is 9.78 Å². The van der Waals surface area contributed by atoms with Crippen LogP contribution in [0.25, 0.3) is 0 Å². The van der Waals surface area contributed by atoms with Crippen LogP contribution in [0.4, 0.5) is 4.79 Å². The van der Waals surface area contributed by atoms with Gasteiger partial charge in [0.05, 0.1) is 6.10 Å². The van der Waals surface area contributed by atoms with Crippen molar-refractivity contribution in [2.75, 3.05) is 20.2 Å². The highest BCUT2D eigenvalue weighted by atomic mass is 16.5.